The van der Waals surface area contributed by atoms with Crippen molar-refractivity contribution in [2.24, 2.45) is 0 Å². The van der Waals surface area contributed by atoms with E-state index in [0.29, 0.717) is 21.5 Å². The quantitative estimate of drug-likeness (QED) is 0.570. The normalized spacial score (nSPS) is 10.4. The van der Waals surface area contributed by atoms with Gasteiger partial charge >= 0.3 is 0 Å². The van der Waals surface area contributed by atoms with Crippen LogP contribution in [0.5, 0.6) is 17.2 Å². The van der Waals surface area contributed by atoms with Gasteiger partial charge in [0.1, 0.15) is 11.5 Å². The Bertz CT molecular complexity index is 635. The molecule has 0 N–H and O–H groups in total. The first kappa shape index (κ1) is 15.6. The standard InChI is InChI=1S/C14H10Br2ClFO2/c1-19-13-5-10(16)14(6-9(13)15)20-12-3-2-8(7-17)4-11(12)18/h2-6H,7H2,1H3. The molecule has 0 amide bonds. The molecule has 0 heterocycles. The Kier molecular flexibility index (Phi) is 5.29. The number of rotatable bonds is 4. The summed E-state index contributed by atoms with van der Waals surface area (Å²) >= 11 is 12.4. The van der Waals surface area contributed by atoms with Crippen molar-refractivity contribution in [2.75, 3.05) is 7.11 Å². The van der Waals surface area contributed by atoms with Crippen LogP contribution < -0.4 is 9.47 Å². The van der Waals surface area contributed by atoms with Crippen molar-refractivity contribution in [1.82, 2.24) is 0 Å². The van der Waals surface area contributed by atoms with Gasteiger partial charge in [0.15, 0.2) is 11.6 Å². The van der Waals surface area contributed by atoms with Gasteiger partial charge in [-0.1, -0.05) is 6.07 Å². The van der Waals surface area contributed by atoms with Crippen LogP contribution in [0.15, 0.2) is 39.3 Å². The van der Waals surface area contributed by atoms with Gasteiger partial charge in [-0.3, -0.25) is 0 Å². The van der Waals surface area contributed by atoms with Crippen molar-refractivity contribution < 1.29 is 13.9 Å². The van der Waals surface area contributed by atoms with Crippen molar-refractivity contribution in [3.63, 3.8) is 0 Å². The second-order valence-electron chi connectivity index (χ2n) is 3.92. The number of methoxy groups -OCH3 is 1. The molecule has 0 atom stereocenters. The van der Waals surface area contributed by atoms with Gasteiger partial charge in [0, 0.05) is 5.88 Å². The monoisotopic (exact) mass is 422 g/mol. The molecule has 0 aromatic heterocycles. The number of hydrogen-bond donors (Lipinski definition) is 0. The second-order valence-corrected chi connectivity index (χ2v) is 5.89. The first-order chi connectivity index (χ1) is 9.55. The molecule has 0 fully saturated rings. The summed E-state index contributed by atoms with van der Waals surface area (Å²) in [5.74, 6) is 1.07. The summed E-state index contributed by atoms with van der Waals surface area (Å²) in [5, 5.41) is 0. The van der Waals surface area contributed by atoms with E-state index in [0.717, 1.165) is 4.47 Å². The molecule has 0 aliphatic heterocycles. The molecule has 2 aromatic rings. The lowest BCUT2D eigenvalue weighted by molar-refractivity contribution is 0.407. The lowest BCUT2D eigenvalue weighted by atomic mass is 10.2. The molecule has 2 nitrogen and oxygen atoms in total. The zero-order chi connectivity index (χ0) is 14.7. The Balaban J connectivity index is 2.32. The van der Waals surface area contributed by atoms with E-state index in [1.54, 1.807) is 31.4 Å². The Hall–Kier alpha value is -0.780. The molecule has 0 saturated heterocycles. The molecule has 0 spiro atoms. The van der Waals surface area contributed by atoms with Gasteiger partial charge < -0.3 is 9.47 Å². The summed E-state index contributed by atoms with van der Waals surface area (Å²) in [5.41, 5.74) is 0.700. The van der Waals surface area contributed by atoms with E-state index in [1.165, 1.54) is 6.07 Å². The van der Waals surface area contributed by atoms with E-state index >= 15 is 0 Å². The van der Waals surface area contributed by atoms with Crippen LogP contribution in [0, 0.1) is 5.82 Å². The van der Waals surface area contributed by atoms with Gasteiger partial charge in [-0.2, -0.15) is 0 Å². The van der Waals surface area contributed by atoms with Crippen molar-refractivity contribution in [1.29, 1.82) is 0 Å². The average molecular weight is 424 g/mol. The van der Waals surface area contributed by atoms with Gasteiger partial charge in [-0.25, -0.2) is 4.39 Å². The molecule has 2 rings (SSSR count). The summed E-state index contributed by atoms with van der Waals surface area (Å²) < 4.78 is 26.0. The van der Waals surface area contributed by atoms with Crippen LogP contribution in [0.2, 0.25) is 0 Å². The Morgan fingerprint density at radius 1 is 1.05 bits per heavy atom. The zero-order valence-corrected chi connectivity index (χ0v) is 14.4. The minimum atomic E-state index is -0.456. The first-order valence-corrected chi connectivity index (χ1v) is 7.72. The number of alkyl halides is 1. The Morgan fingerprint density at radius 2 is 1.70 bits per heavy atom. The number of benzene rings is 2. The third-order valence-corrected chi connectivity index (χ3v) is 4.12. The third-order valence-electron chi connectivity index (χ3n) is 2.58. The minimum absolute atomic E-state index is 0.136. The molecule has 0 radical (unpaired) electrons. The third kappa shape index (κ3) is 3.45. The van der Waals surface area contributed by atoms with E-state index in [2.05, 4.69) is 31.9 Å². The molecule has 0 aliphatic rings. The molecule has 6 heteroatoms. The molecule has 0 unspecified atom stereocenters. The van der Waals surface area contributed by atoms with Gasteiger partial charge in [-0.05, 0) is 61.7 Å². The molecular weight excluding hydrogens is 414 g/mol. The fourth-order valence-electron chi connectivity index (χ4n) is 1.57. The van der Waals surface area contributed by atoms with E-state index in [1.807, 2.05) is 0 Å². The molecule has 0 bridgehead atoms. The van der Waals surface area contributed by atoms with Gasteiger partial charge in [-0.15, -0.1) is 11.6 Å². The number of halogens is 4. The predicted molar refractivity (Wildman–Crippen MR) is 84.4 cm³/mol. The number of ether oxygens (including phenoxy) is 2. The smallest absolute Gasteiger partial charge is 0.166 e. The van der Waals surface area contributed by atoms with Crippen LogP contribution >= 0.6 is 43.5 Å². The second kappa shape index (κ2) is 6.78. The van der Waals surface area contributed by atoms with Crippen molar-refractivity contribution in [2.45, 2.75) is 5.88 Å². The fraction of sp³-hybridized carbons (Fsp3) is 0.143. The summed E-state index contributed by atoms with van der Waals surface area (Å²) in [6.45, 7) is 0. The lowest BCUT2D eigenvalue weighted by Crippen LogP contribution is -1.92. The minimum Gasteiger partial charge on any atom is -0.496 e. The summed E-state index contributed by atoms with van der Waals surface area (Å²) in [4.78, 5) is 0. The van der Waals surface area contributed by atoms with Crippen molar-refractivity contribution >= 4 is 43.5 Å². The molecule has 106 valence electrons. The molecule has 2 aromatic carbocycles. The van der Waals surface area contributed by atoms with E-state index in [4.69, 9.17) is 21.1 Å². The van der Waals surface area contributed by atoms with E-state index in [9.17, 15) is 4.39 Å². The largest absolute Gasteiger partial charge is 0.496 e. The van der Waals surface area contributed by atoms with E-state index in [-0.39, 0.29) is 11.6 Å². The Morgan fingerprint density at radius 3 is 2.30 bits per heavy atom. The van der Waals surface area contributed by atoms with Gasteiger partial charge in [0.2, 0.25) is 0 Å². The van der Waals surface area contributed by atoms with Crippen LogP contribution in [0.3, 0.4) is 0 Å². The van der Waals surface area contributed by atoms with Crippen LogP contribution in [-0.4, -0.2) is 7.11 Å². The average Bonchev–Trinajstić information content (AvgIpc) is 2.44. The SMILES string of the molecule is COc1cc(Br)c(Oc2ccc(CCl)cc2F)cc1Br. The van der Waals surface area contributed by atoms with Crippen molar-refractivity contribution in [3.8, 4) is 17.2 Å². The highest BCUT2D eigenvalue weighted by atomic mass is 79.9. The molecular formula is C14H10Br2ClFO2. The zero-order valence-electron chi connectivity index (χ0n) is 10.4. The van der Waals surface area contributed by atoms with Crippen LogP contribution in [0.1, 0.15) is 5.56 Å². The maximum Gasteiger partial charge on any atom is 0.166 e. The maximum absolute atomic E-state index is 13.9. The van der Waals surface area contributed by atoms with Gasteiger partial charge in [0.05, 0.1) is 16.1 Å². The summed E-state index contributed by atoms with van der Waals surface area (Å²) in [6, 6.07) is 8.08. The van der Waals surface area contributed by atoms with E-state index < -0.39 is 5.82 Å². The number of hydrogen-bond acceptors (Lipinski definition) is 2. The highest BCUT2D eigenvalue weighted by molar-refractivity contribution is 9.11. The first-order valence-electron chi connectivity index (χ1n) is 5.60. The molecule has 0 saturated carbocycles. The molecule has 0 aliphatic carbocycles. The fourth-order valence-corrected chi connectivity index (χ4v) is 2.63. The van der Waals surface area contributed by atoms with Crippen LogP contribution in [0.25, 0.3) is 0 Å². The highest BCUT2D eigenvalue weighted by Gasteiger charge is 2.12. The summed E-state index contributed by atoms with van der Waals surface area (Å²) in [7, 11) is 1.57. The lowest BCUT2D eigenvalue weighted by Gasteiger charge is -2.12. The highest BCUT2D eigenvalue weighted by Crippen LogP contribution is 2.38. The summed E-state index contributed by atoms with van der Waals surface area (Å²) in [6.07, 6.45) is 0. The Labute approximate surface area is 138 Å². The van der Waals surface area contributed by atoms with Crippen LogP contribution in [0.4, 0.5) is 4.39 Å². The molecule has 20 heavy (non-hydrogen) atoms. The maximum atomic E-state index is 13.9. The van der Waals surface area contributed by atoms with Crippen LogP contribution in [-0.2, 0) is 5.88 Å². The van der Waals surface area contributed by atoms with Gasteiger partial charge in [0.25, 0.3) is 0 Å². The topological polar surface area (TPSA) is 18.5 Å². The predicted octanol–water partition coefficient (Wildman–Crippen LogP) is 5.89. The van der Waals surface area contributed by atoms with Crippen molar-refractivity contribution in [3.05, 3.63) is 50.7 Å².